The minimum Gasteiger partial charge on any atom is -0.398 e. The minimum atomic E-state index is -0.0605. The van der Waals surface area contributed by atoms with Crippen molar-refractivity contribution in [2.45, 2.75) is 12.8 Å². The van der Waals surface area contributed by atoms with E-state index in [4.69, 9.17) is 10.5 Å². The number of carbonyl (C=O) groups is 1. The summed E-state index contributed by atoms with van der Waals surface area (Å²) in [4.78, 5) is 11.9. The van der Waals surface area contributed by atoms with E-state index < -0.39 is 0 Å². The summed E-state index contributed by atoms with van der Waals surface area (Å²) >= 11 is 3.31. The number of carbonyl (C=O) groups excluding carboxylic acids is 1. The predicted octanol–water partition coefficient (Wildman–Crippen LogP) is 2.19. The zero-order chi connectivity index (χ0) is 13.0. The molecular formula is C13H17BrN2O2. The highest BCUT2D eigenvalue weighted by Crippen LogP contribution is 2.20. The van der Waals surface area contributed by atoms with Crippen LogP contribution in [0.1, 0.15) is 23.2 Å². The summed E-state index contributed by atoms with van der Waals surface area (Å²) in [5.41, 5.74) is 6.94. The number of nitrogens with one attached hydrogen (secondary N) is 1. The lowest BCUT2D eigenvalue weighted by molar-refractivity contribution is 0.0950. The molecular weight excluding hydrogens is 296 g/mol. The number of anilines is 1. The van der Waals surface area contributed by atoms with E-state index in [2.05, 4.69) is 21.2 Å². The molecule has 2 rings (SSSR count). The van der Waals surface area contributed by atoms with Crippen LogP contribution in [0.15, 0.2) is 22.7 Å². The quantitative estimate of drug-likeness (QED) is 0.838. The van der Waals surface area contributed by atoms with Crippen molar-refractivity contribution in [2.75, 3.05) is 25.5 Å². The molecule has 5 heteroatoms. The third kappa shape index (κ3) is 3.46. The number of halogens is 1. The SMILES string of the molecule is Nc1ccc(C(=O)NCCC2CCOC2)cc1Br. The molecule has 1 heterocycles. The van der Waals surface area contributed by atoms with Crippen LogP contribution in [0.25, 0.3) is 0 Å². The lowest BCUT2D eigenvalue weighted by atomic mass is 10.1. The van der Waals surface area contributed by atoms with E-state index in [-0.39, 0.29) is 5.91 Å². The van der Waals surface area contributed by atoms with Gasteiger partial charge in [0.1, 0.15) is 0 Å². The standard InChI is InChI=1S/C13H17BrN2O2/c14-11-7-10(1-2-12(11)15)13(17)16-5-3-9-4-6-18-8-9/h1-2,7,9H,3-6,8,15H2,(H,16,17). The van der Waals surface area contributed by atoms with Gasteiger partial charge in [-0.3, -0.25) is 4.79 Å². The van der Waals surface area contributed by atoms with Crippen molar-refractivity contribution in [3.63, 3.8) is 0 Å². The number of rotatable bonds is 4. The van der Waals surface area contributed by atoms with Crippen LogP contribution < -0.4 is 11.1 Å². The van der Waals surface area contributed by atoms with Gasteiger partial charge in [0.15, 0.2) is 0 Å². The second kappa shape index (κ2) is 6.20. The maximum Gasteiger partial charge on any atom is 0.251 e. The van der Waals surface area contributed by atoms with Gasteiger partial charge in [0.25, 0.3) is 5.91 Å². The molecule has 0 aliphatic carbocycles. The van der Waals surface area contributed by atoms with Crippen molar-refractivity contribution in [1.82, 2.24) is 5.32 Å². The van der Waals surface area contributed by atoms with Crippen LogP contribution in [-0.4, -0.2) is 25.7 Å². The fraction of sp³-hybridized carbons (Fsp3) is 0.462. The Hall–Kier alpha value is -1.07. The van der Waals surface area contributed by atoms with Gasteiger partial charge in [0, 0.05) is 35.5 Å². The van der Waals surface area contributed by atoms with E-state index >= 15 is 0 Å². The van der Waals surface area contributed by atoms with Gasteiger partial charge >= 0.3 is 0 Å². The van der Waals surface area contributed by atoms with Crippen molar-refractivity contribution >= 4 is 27.5 Å². The minimum absolute atomic E-state index is 0.0605. The van der Waals surface area contributed by atoms with Crippen LogP contribution in [0.5, 0.6) is 0 Å². The number of benzene rings is 1. The molecule has 1 aliphatic heterocycles. The average Bonchev–Trinajstić information content (AvgIpc) is 2.85. The van der Waals surface area contributed by atoms with Gasteiger partial charge in [-0.05, 0) is 52.9 Å². The highest BCUT2D eigenvalue weighted by Gasteiger charge is 2.15. The molecule has 1 aliphatic rings. The zero-order valence-electron chi connectivity index (χ0n) is 10.1. The lowest BCUT2D eigenvalue weighted by Crippen LogP contribution is -2.26. The van der Waals surface area contributed by atoms with Crippen LogP contribution in [0.4, 0.5) is 5.69 Å². The van der Waals surface area contributed by atoms with Crippen LogP contribution in [0.3, 0.4) is 0 Å². The molecule has 1 fully saturated rings. The largest absolute Gasteiger partial charge is 0.398 e. The van der Waals surface area contributed by atoms with Crippen LogP contribution in [0.2, 0.25) is 0 Å². The van der Waals surface area contributed by atoms with Gasteiger partial charge in [-0.15, -0.1) is 0 Å². The highest BCUT2D eigenvalue weighted by molar-refractivity contribution is 9.10. The van der Waals surface area contributed by atoms with Gasteiger partial charge in [-0.1, -0.05) is 0 Å². The van der Waals surface area contributed by atoms with Crippen molar-refractivity contribution in [1.29, 1.82) is 0 Å². The Morgan fingerprint density at radius 3 is 3.06 bits per heavy atom. The molecule has 1 aromatic rings. The maximum atomic E-state index is 11.9. The molecule has 3 N–H and O–H groups in total. The first kappa shape index (κ1) is 13.4. The van der Waals surface area contributed by atoms with Crippen LogP contribution >= 0.6 is 15.9 Å². The number of hydrogen-bond donors (Lipinski definition) is 2. The molecule has 1 saturated heterocycles. The van der Waals surface area contributed by atoms with Gasteiger partial charge < -0.3 is 15.8 Å². The smallest absolute Gasteiger partial charge is 0.251 e. The fourth-order valence-corrected chi connectivity index (χ4v) is 2.35. The summed E-state index contributed by atoms with van der Waals surface area (Å²) < 4.78 is 6.04. The second-order valence-electron chi connectivity index (χ2n) is 4.51. The first-order valence-corrected chi connectivity index (χ1v) is 6.87. The van der Waals surface area contributed by atoms with Gasteiger partial charge in [0.2, 0.25) is 0 Å². The van der Waals surface area contributed by atoms with Crippen molar-refractivity contribution < 1.29 is 9.53 Å². The molecule has 1 unspecified atom stereocenters. The Morgan fingerprint density at radius 1 is 1.56 bits per heavy atom. The fourth-order valence-electron chi connectivity index (χ4n) is 1.97. The lowest BCUT2D eigenvalue weighted by Gasteiger charge is -2.09. The average molecular weight is 313 g/mol. The Morgan fingerprint density at radius 2 is 2.39 bits per heavy atom. The summed E-state index contributed by atoms with van der Waals surface area (Å²) in [5, 5.41) is 2.92. The van der Waals surface area contributed by atoms with Crippen molar-refractivity contribution in [3.05, 3.63) is 28.2 Å². The molecule has 0 radical (unpaired) electrons. The summed E-state index contributed by atoms with van der Waals surface area (Å²) in [6, 6.07) is 5.20. The number of nitrogen functional groups attached to an aromatic ring is 1. The van der Waals surface area contributed by atoms with E-state index in [1.807, 2.05) is 0 Å². The van der Waals surface area contributed by atoms with E-state index in [9.17, 15) is 4.79 Å². The molecule has 4 nitrogen and oxygen atoms in total. The third-order valence-corrected chi connectivity index (χ3v) is 3.81. The molecule has 1 amide bonds. The maximum absolute atomic E-state index is 11.9. The summed E-state index contributed by atoms with van der Waals surface area (Å²) in [6.45, 7) is 2.36. The van der Waals surface area contributed by atoms with E-state index in [0.29, 0.717) is 23.7 Å². The first-order valence-electron chi connectivity index (χ1n) is 6.08. The predicted molar refractivity (Wildman–Crippen MR) is 74.4 cm³/mol. The summed E-state index contributed by atoms with van der Waals surface area (Å²) in [7, 11) is 0. The van der Waals surface area contributed by atoms with E-state index in [1.54, 1.807) is 18.2 Å². The van der Waals surface area contributed by atoms with Crippen LogP contribution in [-0.2, 0) is 4.74 Å². The van der Waals surface area contributed by atoms with Gasteiger partial charge in [-0.2, -0.15) is 0 Å². The van der Waals surface area contributed by atoms with E-state index in [0.717, 1.165) is 30.5 Å². The third-order valence-electron chi connectivity index (χ3n) is 3.12. The first-order chi connectivity index (χ1) is 8.66. The second-order valence-corrected chi connectivity index (χ2v) is 5.36. The normalized spacial score (nSPS) is 18.8. The Kier molecular flexibility index (Phi) is 4.60. The molecule has 0 bridgehead atoms. The Labute approximate surface area is 115 Å². The Balaban J connectivity index is 1.81. The molecule has 98 valence electrons. The van der Waals surface area contributed by atoms with Crippen molar-refractivity contribution in [3.8, 4) is 0 Å². The highest BCUT2D eigenvalue weighted by atomic mass is 79.9. The molecule has 1 aromatic carbocycles. The summed E-state index contributed by atoms with van der Waals surface area (Å²) in [6.07, 6.45) is 2.07. The van der Waals surface area contributed by atoms with Gasteiger partial charge in [0.05, 0.1) is 0 Å². The molecule has 1 atom stereocenters. The molecule has 0 spiro atoms. The molecule has 18 heavy (non-hydrogen) atoms. The zero-order valence-corrected chi connectivity index (χ0v) is 11.7. The monoisotopic (exact) mass is 312 g/mol. The topological polar surface area (TPSA) is 64.4 Å². The molecule has 0 saturated carbocycles. The summed E-state index contributed by atoms with van der Waals surface area (Å²) in [5.74, 6) is 0.526. The van der Waals surface area contributed by atoms with E-state index in [1.165, 1.54) is 0 Å². The number of ether oxygens (including phenoxy) is 1. The Bertz CT molecular complexity index is 431. The van der Waals surface area contributed by atoms with Crippen molar-refractivity contribution in [2.24, 2.45) is 5.92 Å². The molecule has 0 aromatic heterocycles. The van der Waals surface area contributed by atoms with Gasteiger partial charge in [-0.25, -0.2) is 0 Å². The van der Waals surface area contributed by atoms with Crippen LogP contribution in [0, 0.1) is 5.92 Å². The number of nitrogens with two attached hydrogens (primary N) is 1. The number of amides is 1. The number of hydrogen-bond acceptors (Lipinski definition) is 3.